The molecule has 0 aliphatic rings. The molecule has 23 heavy (non-hydrogen) atoms. The van der Waals surface area contributed by atoms with Gasteiger partial charge in [-0.1, -0.05) is 6.07 Å². The van der Waals surface area contributed by atoms with Crippen molar-refractivity contribution in [2.24, 2.45) is 0 Å². The molecule has 0 radical (unpaired) electrons. The molecule has 2 amide bonds. The molecular weight excluding hydrogens is 296 g/mol. The normalized spacial score (nSPS) is 10.3. The zero-order valence-corrected chi connectivity index (χ0v) is 13.8. The summed E-state index contributed by atoms with van der Waals surface area (Å²) in [6.07, 6.45) is 1.86. The van der Waals surface area contributed by atoms with Crippen LogP contribution >= 0.6 is 0 Å². The van der Waals surface area contributed by atoms with Crippen molar-refractivity contribution in [1.82, 2.24) is 5.32 Å². The standard InChI is InChI=1S/C17H24N2O4/c1-12(2)18-17(22)19-15-9-6-8-14(11-15)16(21)23-10-5-4-7-13(3)20/h6,8-9,11-12H,4-5,7,10H2,1-3H3,(H2,18,19,22). The van der Waals surface area contributed by atoms with E-state index in [4.69, 9.17) is 4.74 Å². The van der Waals surface area contributed by atoms with Gasteiger partial charge >= 0.3 is 12.0 Å². The van der Waals surface area contributed by atoms with Gasteiger partial charge in [0.25, 0.3) is 0 Å². The Morgan fingerprint density at radius 2 is 1.91 bits per heavy atom. The van der Waals surface area contributed by atoms with E-state index in [-0.39, 0.29) is 24.5 Å². The molecule has 0 spiro atoms. The summed E-state index contributed by atoms with van der Waals surface area (Å²) in [6, 6.07) is 6.27. The van der Waals surface area contributed by atoms with E-state index in [9.17, 15) is 14.4 Å². The molecule has 0 fully saturated rings. The number of carbonyl (C=O) groups is 3. The molecule has 0 unspecified atom stereocenters. The first-order valence-corrected chi connectivity index (χ1v) is 7.72. The molecule has 0 heterocycles. The van der Waals surface area contributed by atoms with Crippen LogP contribution in [-0.2, 0) is 9.53 Å². The minimum atomic E-state index is -0.444. The van der Waals surface area contributed by atoms with Crippen LogP contribution in [0.3, 0.4) is 0 Å². The number of hydrogen-bond acceptors (Lipinski definition) is 4. The van der Waals surface area contributed by atoms with E-state index in [1.54, 1.807) is 31.2 Å². The predicted molar refractivity (Wildman–Crippen MR) is 88.5 cm³/mol. The van der Waals surface area contributed by atoms with E-state index < -0.39 is 5.97 Å². The van der Waals surface area contributed by atoms with Crippen LogP contribution in [0.4, 0.5) is 10.5 Å². The molecule has 0 bridgehead atoms. The van der Waals surface area contributed by atoms with Crippen molar-refractivity contribution in [3.8, 4) is 0 Å². The predicted octanol–water partition coefficient (Wildman–Crippen LogP) is 3.13. The molecule has 6 heteroatoms. The molecular formula is C17H24N2O4. The number of unbranched alkanes of at least 4 members (excludes halogenated alkanes) is 1. The first-order chi connectivity index (χ1) is 10.9. The molecule has 1 aromatic rings. The van der Waals surface area contributed by atoms with Gasteiger partial charge in [0.15, 0.2) is 0 Å². The second kappa shape index (κ2) is 9.61. The molecule has 0 atom stereocenters. The number of amides is 2. The Labute approximate surface area is 136 Å². The summed E-state index contributed by atoms with van der Waals surface area (Å²) >= 11 is 0. The molecule has 0 aromatic heterocycles. The maximum absolute atomic E-state index is 11.9. The van der Waals surface area contributed by atoms with E-state index >= 15 is 0 Å². The quantitative estimate of drug-likeness (QED) is 0.569. The Morgan fingerprint density at radius 1 is 1.17 bits per heavy atom. The fourth-order valence-electron chi connectivity index (χ4n) is 1.88. The lowest BCUT2D eigenvalue weighted by molar-refractivity contribution is -0.117. The number of rotatable bonds is 8. The molecule has 0 aliphatic heterocycles. The number of Topliss-reactive ketones (excluding diaryl/α,β-unsaturated/α-hetero) is 1. The summed E-state index contributed by atoms with van der Waals surface area (Å²) in [5, 5.41) is 5.37. The Morgan fingerprint density at radius 3 is 2.57 bits per heavy atom. The topological polar surface area (TPSA) is 84.5 Å². The van der Waals surface area contributed by atoms with Gasteiger partial charge in [0.2, 0.25) is 0 Å². The molecule has 0 saturated carbocycles. The van der Waals surface area contributed by atoms with Crippen LogP contribution in [0.2, 0.25) is 0 Å². The van der Waals surface area contributed by atoms with Gasteiger partial charge in [-0.3, -0.25) is 0 Å². The Hall–Kier alpha value is -2.37. The minimum Gasteiger partial charge on any atom is -0.462 e. The minimum absolute atomic E-state index is 0.0261. The fraction of sp³-hybridized carbons (Fsp3) is 0.471. The summed E-state index contributed by atoms with van der Waals surface area (Å²) in [7, 11) is 0. The van der Waals surface area contributed by atoms with Crippen molar-refractivity contribution in [1.29, 1.82) is 0 Å². The summed E-state index contributed by atoms with van der Waals surface area (Å²) < 4.78 is 5.16. The van der Waals surface area contributed by atoms with Gasteiger partial charge in [0.05, 0.1) is 12.2 Å². The molecule has 6 nitrogen and oxygen atoms in total. The lowest BCUT2D eigenvalue weighted by atomic mass is 10.2. The maximum atomic E-state index is 11.9. The summed E-state index contributed by atoms with van der Waals surface area (Å²) in [5.74, 6) is -0.310. The first kappa shape index (κ1) is 18.7. The monoisotopic (exact) mass is 320 g/mol. The number of ether oxygens (including phenoxy) is 1. The van der Waals surface area contributed by atoms with Crippen molar-refractivity contribution >= 4 is 23.5 Å². The van der Waals surface area contributed by atoms with Crippen molar-refractivity contribution in [2.45, 2.75) is 46.1 Å². The van der Waals surface area contributed by atoms with Crippen LogP contribution in [-0.4, -0.2) is 30.4 Å². The molecule has 126 valence electrons. The summed E-state index contributed by atoms with van der Waals surface area (Å²) in [4.78, 5) is 34.4. The smallest absolute Gasteiger partial charge is 0.338 e. The zero-order valence-electron chi connectivity index (χ0n) is 13.8. The van der Waals surface area contributed by atoms with Crippen molar-refractivity contribution in [2.75, 3.05) is 11.9 Å². The summed E-state index contributed by atoms with van der Waals surface area (Å²) in [5.41, 5.74) is 0.896. The molecule has 1 rings (SSSR count). The van der Waals surface area contributed by atoms with E-state index in [1.807, 2.05) is 13.8 Å². The highest BCUT2D eigenvalue weighted by molar-refractivity contribution is 5.94. The Bertz CT molecular complexity index is 555. The van der Waals surface area contributed by atoms with Gasteiger partial charge in [-0.15, -0.1) is 0 Å². The molecule has 0 aliphatic carbocycles. The third kappa shape index (κ3) is 7.99. The second-order valence-corrected chi connectivity index (χ2v) is 5.63. The van der Waals surface area contributed by atoms with Crippen molar-refractivity contribution in [3.05, 3.63) is 29.8 Å². The second-order valence-electron chi connectivity index (χ2n) is 5.63. The highest BCUT2D eigenvalue weighted by atomic mass is 16.5. The van der Waals surface area contributed by atoms with E-state index in [1.165, 1.54) is 0 Å². The molecule has 1 aromatic carbocycles. The Kier molecular flexibility index (Phi) is 7.80. The first-order valence-electron chi connectivity index (χ1n) is 7.72. The average Bonchev–Trinajstić information content (AvgIpc) is 2.45. The average molecular weight is 320 g/mol. The van der Waals surface area contributed by atoms with E-state index in [0.717, 1.165) is 0 Å². The van der Waals surface area contributed by atoms with Crippen LogP contribution in [0, 0.1) is 0 Å². The van der Waals surface area contributed by atoms with Gasteiger partial charge < -0.3 is 20.2 Å². The van der Waals surface area contributed by atoms with E-state index in [0.29, 0.717) is 30.5 Å². The largest absolute Gasteiger partial charge is 0.462 e. The summed E-state index contributed by atoms with van der Waals surface area (Å²) in [6.45, 7) is 5.54. The number of ketones is 1. The SMILES string of the molecule is CC(=O)CCCCOC(=O)c1cccc(NC(=O)NC(C)C)c1. The number of urea groups is 1. The maximum Gasteiger partial charge on any atom is 0.338 e. The van der Waals surface area contributed by atoms with Crippen molar-refractivity contribution < 1.29 is 19.1 Å². The number of anilines is 1. The van der Waals surface area contributed by atoms with E-state index in [2.05, 4.69) is 10.6 Å². The highest BCUT2D eigenvalue weighted by Gasteiger charge is 2.09. The number of benzene rings is 1. The lowest BCUT2D eigenvalue weighted by Gasteiger charge is -2.11. The Balaban J connectivity index is 2.47. The van der Waals surface area contributed by atoms with Crippen LogP contribution in [0.5, 0.6) is 0 Å². The van der Waals surface area contributed by atoms with Crippen LogP contribution < -0.4 is 10.6 Å². The number of hydrogen-bond donors (Lipinski definition) is 2. The van der Waals surface area contributed by atoms with Gasteiger partial charge in [-0.05, 0) is 51.8 Å². The third-order valence-corrected chi connectivity index (χ3v) is 2.93. The van der Waals surface area contributed by atoms with Crippen LogP contribution in [0.25, 0.3) is 0 Å². The van der Waals surface area contributed by atoms with Gasteiger partial charge in [-0.25, -0.2) is 9.59 Å². The van der Waals surface area contributed by atoms with Crippen molar-refractivity contribution in [3.63, 3.8) is 0 Å². The lowest BCUT2D eigenvalue weighted by Crippen LogP contribution is -2.34. The number of esters is 1. The highest BCUT2D eigenvalue weighted by Crippen LogP contribution is 2.12. The van der Waals surface area contributed by atoms with Crippen LogP contribution in [0.15, 0.2) is 24.3 Å². The number of carbonyl (C=O) groups excluding carboxylic acids is 3. The number of nitrogens with one attached hydrogen (secondary N) is 2. The van der Waals surface area contributed by atoms with Crippen LogP contribution in [0.1, 0.15) is 50.4 Å². The molecule has 0 saturated heterocycles. The van der Waals surface area contributed by atoms with Gasteiger partial charge in [-0.2, -0.15) is 0 Å². The van der Waals surface area contributed by atoms with Gasteiger partial charge in [0, 0.05) is 18.2 Å². The third-order valence-electron chi connectivity index (χ3n) is 2.93. The fourth-order valence-corrected chi connectivity index (χ4v) is 1.88. The molecule has 2 N–H and O–H groups in total. The van der Waals surface area contributed by atoms with Gasteiger partial charge in [0.1, 0.15) is 5.78 Å². The zero-order chi connectivity index (χ0) is 17.2.